The SMILES string of the molecule is Cc1cc(C)n(-c2cc(O)c3oc4ccccc4c3c2)n1. The van der Waals surface area contributed by atoms with Gasteiger partial charge in [0.1, 0.15) is 5.58 Å². The van der Waals surface area contributed by atoms with Crippen LogP contribution >= 0.6 is 0 Å². The summed E-state index contributed by atoms with van der Waals surface area (Å²) >= 11 is 0. The lowest BCUT2D eigenvalue weighted by Gasteiger charge is -2.05. The molecule has 4 rings (SSSR count). The third-order valence-electron chi connectivity index (χ3n) is 3.70. The summed E-state index contributed by atoms with van der Waals surface area (Å²) in [5.74, 6) is 0.131. The van der Waals surface area contributed by atoms with Gasteiger partial charge in [0, 0.05) is 22.5 Å². The number of benzene rings is 2. The largest absolute Gasteiger partial charge is 0.504 e. The molecule has 0 radical (unpaired) electrons. The van der Waals surface area contributed by atoms with E-state index in [1.165, 1.54) is 0 Å². The molecular formula is C17H14N2O2. The van der Waals surface area contributed by atoms with Crippen LogP contribution in [0.3, 0.4) is 0 Å². The molecule has 0 unspecified atom stereocenters. The van der Waals surface area contributed by atoms with Gasteiger partial charge in [-0.1, -0.05) is 18.2 Å². The van der Waals surface area contributed by atoms with Crippen molar-refractivity contribution in [3.63, 3.8) is 0 Å². The molecule has 4 nitrogen and oxygen atoms in total. The number of aryl methyl sites for hydroxylation is 2. The van der Waals surface area contributed by atoms with E-state index in [4.69, 9.17) is 4.42 Å². The van der Waals surface area contributed by atoms with E-state index >= 15 is 0 Å². The van der Waals surface area contributed by atoms with Gasteiger partial charge in [-0.25, -0.2) is 4.68 Å². The maximum absolute atomic E-state index is 10.3. The highest BCUT2D eigenvalue weighted by Crippen LogP contribution is 2.36. The Morgan fingerprint density at radius 3 is 2.62 bits per heavy atom. The predicted molar refractivity (Wildman–Crippen MR) is 82.0 cm³/mol. The number of para-hydroxylation sites is 1. The minimum Gasteiger partial charge on any atom is -0.504 e. The van der Waals surface area contributed by atoms with Crippen molar-refractivity contribution in [2.45, 2.75) is 13.8 Å². The normalized spacial score (nSPS) is 11.5. The molecule has 2 heterocycles. The van der Waals surface area contributed by atoms with E-state index in [0.717, 1.165) is 33.4 Å². The van der Waals surface area contributed by atoms with E-state index in [0.29, 0.717) is 5.58 Å². The molecule has 0 atom stereocenters. The lowest BCUT2D eigenvalue weighted by Crippen LogP contribution is -1.98. The smallest absolute Gasteiger partial charge is 0.177 e. The van der Waals surface area contributed by atoms with Crippen LogP contribution in [0.4, 0.5) is 0 Å². The Balaban J connectivity index is 2.08. The molecule has 0 spiro atoms. The monoisotopic (exact) mass is 278 g/mol. The third kappa shape index (κ3) is 1.72. The molecule has 21 heavy (non-hydrogen) atoms. The first-order valence-corrected chi connectivity index (χ1v) is 6.81. The molecule has 0 aliphatic heterocycles. The van der Waals surface area contributed by atoms with Crippen LogP contribution in [0, 0.1) is 13.8 Å². The maximum Gasteiger partial charge on any atom is 0.177 e. The quantitative estimate of drug-likeness (QED) is 0.570. The van der Waals surface area contributed by atoms with Crippen molar-refractivity contribution < 1.29 is 9.52 Å². The second-order valence-electron chi connectivity index (χ2n) is 5.28. The Labute approximate surface area is 121 Å². The standard InChI is InChI=1S/C17H14N2O2/c1-10-7-11(2)19(18-10)12-8-14-13-5-3-4-6-16(13)21-17(14)15(20)9-12/h3-9,20H,1-2H3. The molecule has 0 aliphatic rings. The van der Waals surface area contributed by atoms with Gasteiger partial charge in [0.2, 0.25) is 0 Å². The summed E-state index contributed by atoms with van der Waals surface area (Å²) < 4.78 is 7.56. The van der Waals surface area contributed by atoms with Crippen molar-refractivity contribution in [1.82, 2.24) is 9.78 Å². The molecule has 0 aliphatic carbocycles. The molecule has 0 saturated heterocycles. The fourth-order valence-corrected chi connectivity index (χ4v) is 2.81. The Kier molecular flexibility index (Phi) is 2.36. The first-order valence-electron chi connectivity index (χ1n) is 6.81. The van der Waals surface area contributed by atoms with Crippen LogP contribution in [0.25, 0.3) is 27.6 Å². The van der Waals surface area contributed by atoms with Gasteiger partial charge in [0.15, 0.2) is 11.3 Å². The molecule has 2 aromatic heterocycles. The zero-order valence-corrected chi connectivity index (χ0v) is 11.8. The number of furan rings is 1. The van der Waals surface area contributed by atoms with Crippen molar-refractivity contribution >= 4 is 21.9 Å². The maximum atomic E-state index is 10.3. The first-order chi connectivity index (χ1) is 10.1. The zero-order chi connectivity index (χ0) is 14.6. The highest BCUT2D eigenvalue weighted by atomic mass is 16.4. The summed E-state index contributed by atoms with van der Waals surface area (Å²) in [6.07, 6.45) is 0. The van der Waals surface area contributed by atoms with Gasteiger partial charge in [-0.05, 0) is 32.0 Å². The molecule has 1 N–H and O–H groups in total. The van der Waals surface area contributed by atoms with Crippen molar-refractivity contribution in [1.29, 1.82) is 0 Å². The van der Waals surface area contributed by atoms with Crippen LogP contribution < -0.4 is 0 Å². The highest BCUT2D eigenvalue weighted by molar-refractivity contribution is 6.07. The zero-order valence-electron chi connectivity index (χ0n) is 11.8. The van der Waals surface area contributed by atoms with Crippen molar-refractivity contribution in [3.8, 4) is 11.4 Å². The summed E-state index contributed by atoms with van der Waals surface area (Å²) in [7, 11) is 0. The molecule has 4 aromatic rings. The van der Waals surface area contributed by atoms with E-state index < -0.39 is 0 Å². The first kappa shape index (κ1) is 12.0. The number of hydrogen-bond acceptors (Lipinski definition) is 3. The molecule has 2 aromatic carbocycles. The molecule has 0 amide bonds. The number of rotatable bonds is 1. The number of aromatic hydroxyl groups is 1. The fraction of sp³-hybridized carbons (Fsp3) is 0.118. The molecule has 104 valence electrons. The predicted octanol–water partition coefficient (Wildman–Crippen LogP) is 4.09. The van der Waals surface area contributed by atoms with Crippen LogP contribution in [0.2, 0.25) is 0 Å². The number of phenols is 1. The van der Waals surface area contributed by atoms with E-state index in [-0.39, 0.29) is 5.75 Å². The van der Waals surface area contributed by atoms with Gasteiger partial charge in [0.25, 0.3) is 0 Å². The number of hydrogen-bond donors (Lipinski definition) is 1. The van der Waals surface area contributed by atoms with Crippen LogP contribution in [0.1, 0.15) is 11.4 Å². The minimum absolute atomic E-state index is 0.131. The molecule has 0 saturated carbocycles. The van der Waals surface area contributed by atoms with Crippen molar-refractivity contribution in [3.05, 3.63) is 53.9 Å². The summed E-state index contributed by atoms with van der Waals surface area (Å²) in [4.78, 5) is 0. The topological polar surface area (TPSA) is 51.2 Å². The lowest BCUT2D eigenvalue weighted by molar-refractivity contribution is 0.468. The minimum atomic E-state index is 0.131. The van der Waals surface area contributed by atoms with Crippen molar-refractivity contribution in [2.75, 3.05) is 0 Å². The van der Waals surface area contributed by atoms with Crippen molar-refractivity contribution in [2.24, 2.45) is 0 Å². The van der Waals surface area contributed by atoms with E-state index in [9.17, 15) is 5.11 Å². The Hall–Kier alpha value is -2.75. The van der Waals surface area contributed by atoms with E-state index in [1.54, 1.807) is 6.07 Å². The summed E-state index contributed by atoms with van der Waals surface area (Å²) in [6.45, 7) is 3.95. The van der Waals surface area contributed by atoms with Crippen LogP contribution in [0.15, 0.2) is 46.9 Å². The van der Waals surface area contributed by atoms with Crippen LogP contribution in [-0.4, -0.2) is 14.9 Å². The van der Waals surface area contributed by atoms with Gasteiger partial charge in [-0.15, -0.1) is 0 Å². The number of aromatic nitrogens is 2. The van der Waals surface area contributed by atoms with Gasteiger partial charge < -0.3 is 9.52 Å². The Morgan fingerprint density at radius 1 is 1.05 bits per heavy atom. The number of nitrogens with zero attached hydrogens (tertiary/aromatic N) is 2. The number of phenolic OH excluding ortho intramolecular Hbond substituents is 1. The summed E-state index contributed by atoms with van der Waals surface area (Å²) in [5, 5.41) is 16.6. The average molecular weight is 278 g/mol. The second-order valence-corrected chi connectivity index (χ2v) is 5.28. The number of fused-ring (bicyclic) bond motifs is 3. The second kappa shape index (κ2) is 4.12. The van der Waals surface area contributed by atoms with Crippen LogP contribution in [-0.2, 0) is 0 Å². The summed E-state index contributed by atoms with van der Waals surface area (Å²) in [5.41, 5.74) is 4.09. The fourth-order valence-electron chi connectivity index (χ4n) is 2.81. The Morgan fingerprint density at radius 2 is 1.86 bits per heavy atom. The lowest BCUT2D eigenvalue weighted by atomic mass is 10.1. The molecular weight excluding hydrogens is 264 g/mol. The molecule has 0 fully saturated rings. The third-order valence-corrected chi connectivity index (χ3v) is 3.70. The van der Waals surface area contributed by atoms with Gasteiger partial charge in [-0.3, -0.25) is 0 Å². The van der Waals surface area contributed by atoms with Gasteiger partial charge >= 0.3 is 0 Å². The van der Waals surface area contributed by atoms with Gasteiger partial charge in [0.05, 0.1) is 11.4 Å². The van der Waals surface area contributed by atoms with Crippen LogP contribution in [0.5, 0.6) is 5.75 Å². The molecule has 0 bridgehead atoms. The molecule has 4 heteroatoms. The van der Waals surface area contributed by atoms with Gasteiger partial charge in [-0.2, -0.15) is 5.10 Å². The van der Waals surface area contributed by atoms with E-state index in [2.05, 4.69) is 5.10 Å². The van der Waals surface area contributed by atoms with E-state index in [1.807, 2.05) is 54.9 Å². The highest BCUT2D eigenvalue weighted by Gasteiger charge is 2.14. The average Bonchev–Trinajstić information content (AvgIpc) is 2.99. The summed E-state index contributed by atoms with van der Waals surface area (Å²) in [6, 6.07) is 13.5. The Bertz CT molecular complexity index is 979.